The number of hydrogen-bond acceptors (Lipinski definition) is 2. The van der Waals surface area contributed by atoms with Gasteiger partial charge in [0.05, 0.1) is 13.2 Å². The standard InChI is InChI=1S/C3H8O2.Na/c1-5-3-2-4;/h4H,2-3H2,1H3;/q;+1. The van der Waals surface area contributed by atoms with E-state index in [0.29, 0.717) is 6.61 Å². The maximum atomic E-state index is 7.94. The van der Waals surface area contributed by atoms with Crippen molar-refractivity contribution in [3.8, 4) is 0 Å². The van der Waals surface area contributed by atoms with Crippen LogP contribution in [-0.4, -0.2) is 25.4 Å². The van der Waals surface area contributed by atoms with Crippen molar-refractivity contribution in [3.05, 3.63) is 0 Å². The number of aliphatic hydroxyl groups is 1. The molecule has 0 aliphatic heterocycles. The third-order valence-corrected chi connectivity index (χ3v) is 0.295. The summed E-state index contributed by atoms with van der Waals surface area (Å²) < 4.78 is 4.44. The number of hydrogen-bond donors (Lipinski definition) is 1. The zero-order valence-electron chi connectivity index (χ0n) is 4.27. The van der Waals surface area contributed by atoms with Gasteiger partial charge in [-0.2, -0.15) is 0 Å². The fraction of sp³-hybridized carbons (Fsp3) is 1.00. The maximum absolute atomic E-state index is 7.94. The van der Waals surface area contributed by atoms with Crippen LogP contribution in [0.2, 0.25) is 0 Å². The Morgan fingerprint density at radius 1 is 1.67 bits per heavy atom. The average Bonchev–Trinajstić information content (AvgIpc) is 1.41. The molecule has 0 unspecified atom stereocenters. The van der Waals surface area contributed by atoms with Crippen molar-refractivity contribution >= 4 is 0 Å². The number of aliphatic hydroxyl groups excluding tert-OH is 1. The topological polar surface area (TPSA) is 29.5 Å². The first-order valence-electron chi connectivity index (χ1n) is 1.51. The number of methoxy groups -OCH3 is 1. The average molecular weight is 99.1 g/mol. The fourth-order valence-corrected chi connectivity index (χ4v) is 0.0913. The van der Waals surface area contributed by atoms with Crippen LogP contribution in [-0.2, 0) is 4.74 Å². The summed E-state index contributed by atoms with van der Waals surface area (Å²) in [5.41, 5.74) is 0. The first kappa shape index (κ1) is 10.0. The summed E-state index contributed by atoms with van der Waals surface area (Å²) in [5, 5.41) is 7.94. The second-order valence-corrected chi connectivity index (χ2v) is 0.716. The molecule has 0 spiro atoms. The molecule has 0 aliphatic rings. The summed E-state index contributed by atoms with van der Waals surface area (Å²) in [5.74, 6) is 0. The number of ether oxygens (including phenoxy) is 1. The number of rotatable bonds is 2. The largest absolute Gasteiger partial charge is 1.00 e. The second-order valence-electron chi connectivity index (χ2n) is 0.716. The van der Waals surface area contributed by atoms with Crippen LogP contribution in [0.25, 0.3) is 0 Å². The molecule has 0 aliphatic carbocycles. The van der Waals surface area contributed by atoms with E-state index in [9.17, 15) is 0 Å². The molecule has 0 rings (SSSR count). The predicted molar refractivity (Wildman–Crippen MR) is 19.0 cm³/mol. The van der Waals surface area contributed by atoms with Gasteiger partial charge in [0.25, 0.3) is 0 Å². The van der Waals surface area contributed by atoms with Gasteiger partial charge in [0.1, 0.15) is 0 Å². The molecular weight excluding hydrogens is 91.0 g/mol. The molecule has 0 aromatic carbocycles. The molecule has 0 heterocycles. The molecule has 3 heteroatoms. The zero-order valence-corrected chi connectivity index (χ0v) is 6.27. The molecule has 0 aromatic heterocycles. The second kappa shape index (κ2) is 9.33. The normalized spacial score (nSPS) is 7.00. The molecule has 32 valence electrons. The Bertz CT molecular complexity index is 16.3. The molecule has 0 radical (unpaired) electrons. The van der Waals surface area contributed by atoms with Crippen molar-refractivity contribution in [2.75, 3.05) is 20.3 Å². The summed E-state index contributed by atoms with van der Waals surface area (Å²) >= 11 is 0. The van der Waals surface area contributed by atoms with E-state index in [1.807, 2.05) is 0 Å². The molecule has 0 fully saturated rings. The van der Waals surface area contributed by atoms with E-state index < -0.39 is 0 Å². The van der Waals surface area contributed by atoms with Crippen molar-refractivity contribution in [1.29, 1.82) is 0 Å². The minimum Gasteiger partial charge on any atom is -0.394 e. The molecule has 6 heavy (non-hydrogen) atoms. The van der Waals surface area contributed by atoms with E-state index in [1.165, 1.54) is 0 Å². The Morgan fingerprint density at radius 3 is 2.17 bits per heavy atom. The molecule has 0 atom stereocenters. The minimum absolute atomic E-state index is 0. The predicted octanol–water partition coefficient (Wildman–Crippen LogP) is -3.37. The van der Waals surface area contributed by atoms with Crippen LogP contribution in [0.4, 0.5) is 0 Å². The Morgan fingerprint density at radius 2 is 2.17 bits per heavy atom. The molecule has 0 aromatic rings. The molecule has 0 saturated carbocycles. The zero-order chi connectivity index (χ0) is 4.12. The van der Waals surface area contributed by atoms with Crippen molar-refractivity contribution in [3.63, 3.8) is 0 Å². The summed E-state index contributed by atoms with van der Waals surface area (Å²) in [4.78, 5) is 0. The summed E-state index contributed by atoms with van der Waals surface area (Å²) in [6.45, 7) is 0.566. The van der Waals surface area contributed by atoms with Gasteiger partial charge >= 0.3 is 29.6 Å². The van der Waals surface area contributed by atoms with E-state index in [2.05, 4.69) is 4.74 Å². The van der Waals surface area contributed by atoms with Crippen molar-refractivity contribution in [1.82, 2.24) is 0 Å². The quantitative estimate of drug-likeness (QED) is 0.366. The summed E-state index contributed by atoms with van der Waals surface area (Å²) in [6, 6.07) is 0. The van der Waals surface area contributed by atoms with Crippen LogP contribution in [0, 0.1) is 0 Å². The molecule has 0 bridgehead atoms. The van der Waals surface area contributed by atoms with Crippen molar-refractivity contribution in [2.24, 2.45) is 0 Å². The van der Waals surface area contributed by atoms with E-state index in [1.54, 1.807) is 7.11 Å². The molecule has 2 nitrogen and oxygen atoms in total. The Balaban J connectivity index is 0. The summed E-state index contributed by atoms with van der Waals surface area (Å²) in [6.07, 6.45) is 0. The molecule has 0 saturated heterocycles. The third-order valence-electron chi connectivity index (χ3n) is 0.295. The smallest absolute Gasteiger partial charge is 0.394 e. The Labute approximate surface area is 59.8 Å². The van der Waals surface area contributed by atoms with Crippen LogP contribution >= 0.6 is 0 Å². The Hall–Kier alpha value is 0.920. The van der Waals surface area contributed by atoms with Crippen LogP contribution in [0.3, 0.4) is 0 Å². The first-order valence-corrected chi connectivity index (χ1v) is 1.51. The summed E-state index contributed by atoms with van der Waals surface area (Å²) in [7, 11) is 1.55. The van der Waals surface area contributed by atoms with Crippen LogP contribution in [0.1, 0.15) is 0 Å². The van der Waals surface area contributed by atoms with E-state index in [-0.39, 0.29) is 36.2 Å². The van der Waals surface area contributed by atoms with E-state index >= 15 is 0 Å². The van der Waals surface area contributed by atoms with Gasteiger partial charge in [-0.15, -0.1) is 0 Å². The van der Waals surface area contributed by atoms with Crippen LogP contribution in [0.5, 0.6) is 0 Å². The van der Waals surface area contributed by atoms with E-state index in [4.69, 9.17) is 5.11 Å². The first-order chi connectivity index (χ1) is 2.41. The van der Waals surface area contributed by atoms with Gasteiger partial charge in [-0.1, -0.05) is 0 Å². The maximum Gasteiger partial charge on any atom is 1.00 e. The van der Waals surface area contributed by atoms with Gasteiger partial charge in [0.15, 0.2) is 0 Å². The SMILES string of the molecule is COCCO.[Na+]. The van der Waals surface area contributed by atoms with Gasteiger partial charge in [0.2, 0.25) is 0 Å². The minimum atomic E-state index is 0. The van der Waals surface area contributed by atoms with Gasteiger partial charge in [-0.3, -0.25) is 0 Å². The van der Waals surface area contributed by atoms with Gasteiger partial charge in [0, 0.05) is 7.11 Å². The van der Waals surface area contributed by atoms with Crippen LogP contribution in [0.15, 0.2) is 0 Å². The third kappa shape index (κ3) is 8.87. The van der Waals surface area contributed by atoms with E-state index in [0.717, 1.165) is 0 Å². The molecule has 1 N–H and O–H groups in total. The fourth-order valence-electron chi connectivity index (χ4n) is 0.0913. The molecule has 0 amide bonds. The van der Waals surface area contributed by atoms with Crippen molar-refractivity contribution in [2.45, 2.75) is 0 Å². The van der Waals surface area contributed by atoms with Gasteiger partial charge in [-0.05, 0) is 0 Å². The van der Waals surface area contributed by atoms with Crippen LogP contribution < -0.4 is 29.6 Å². The van der Waals surface area contributed by atoms with Gasteiger partial charge < -0.3 is 9.84 Å². The Kier molecular flexibility index (Phi) is 15.6. The van der Waals surface area contributed by atoms with Crippen molar-refractivity contribution < 1.29 is 39.4 Å². The monoisotopic (exact) mass is 99.0 g/mol. The van der Waals surface area contributed by atoms with Gasteiger partial charge in [-0.25, -0.2) is 0 Å². The molecular formula is C3H8NaO2+.